The molecule has 5 N–H and O–H groups in total. The number of methoxy groups -OCH3 is 1. The fourth-order valence-electron chi connectivity index (χ4n) is 0.494. The van der Waals surface area contributed by atoms with Gasteiger partial charge in [-0.2, -0.15) is 0 Å². The van der Waals surface area contributed by atoms with Gasteiger partial charge < -0.3 is 30.3 Å². The third kappa shape index (κ3) is 8.12. The van der Waals surface area contributed by atoms with Gasteiger partial charge in [-0.15, -0.1) is 0 Å². The van der Waals surface area contributed by atoms with Crippen molar-refractivity contribution in [2.75, 3.05) is 13.7 Å². The number of hydrogen-bond acceptors (Lipinski definition) is 6. The number of aliphatic carboxylic acids is 2. The first kappa shape index (κ1) is 17.2. The molecule has 0 amide bonds. The van der Waals surface area contributed by atoms with Gasteiger partial charge in [-0.25, -0.2) is 9.59 Å². The summed E-state index contributed by atoms with van der Waals surface area (Å²) in [4.78, 5) is 20.1. The Morgan fingerprint density at radius 1 is 1.19 bits per heavy atom. The zero-order valence-electron chi connectivity index (χ0n) is 8.90. The van der Waals surface area contributed by atoms with Crippen LogP contribution in [0.5, 0.6) is 0 Å². The van der Waals surface area contributed by atoms with Gasteiger partial charge >= 0.3 is 11.9 Å². The Morgan fingerprint density at radius 2 is 1.56 bits per heavy atom. The molecule has 0 aromatic rings. The van der Waals surface area contributed by atoms with Crippen molar-refractivity contribution < 1.29 is 39.9 Å². The molecule has 0 rings (SSSR count). The first-order valence-corrected chi connectivity index (χ1v) is 4.23. The summed E-state index contributed by atoms with van der Waals surface area (Å²) in [6.45, 7) is 1.39. The highest BCUT2D eigenvalue weighted by atomic mass is 16.5. The van der Waals surface area contributed by atoms with Gasteiger partial charge in [0.15, 0.2) is 12.2 Å². The zero-order chi connectivity index (χ0) is 13.3. The number of hydrogen-bond donors (Lipinski definition) is 5. The molecule has 0 aliphatic heterocycles. The van der Waals surface area contributed by atoms with E-state index in [1.807, 2.05) is 0 Å². The molecule has 0 bridgehead atoms. The van der Waals surface area contributed by atoms with E-state index in [4.69, 9.17) is 25.5 Å². The second-order valence-electron chi connectivity index (χ2n) is 2.81. The van der Waals surface area contributed by atoms with Crippen molar-refractivity contribution in [3.63, 3.8) is 0 Å². The summed E-state index contributed by atoms with van der Waals surface area (Å²) in [5.74, 6) is -3.14. The van der Waals surface area contributed by atoms with Crippen LogP contribution >= 0.6 is 0 Å². The number of rotatable bonds is 5. The minimum absolute atomic E-state index is 0.139. The maximum atomic E-state index is 10.1. The summed E-state index contributed by atoms with van der Waals surface area (Å²) in [7, 11) is 1.00. The van der Waals surface area contributed by atoms with E-state index in [2.05, 4.69) is 4.74 Å². The van der Waals surface area contributed by atoms with Crippen LogP contribution in [0.2, 0.25) is 0 Å². The number of aliphatic hydroxyl groups excluding tert-OH is 3. The Balaban J connectivity index is 0. The molecule has 0 aliphatic carbocycles. The van der Waals surface area contributed by atoms with Crippen LogP contribution in [0.25, 0.3) is 0 Å². The second kappa shape index (κ2) is 9.04. The van der Waals surface area contributed by atoms with E-state index in [9.17, 15) is 9.59 Å². The van der Waals surface area contributed by atoms with Crippen LogP contribution in [0, 0.1) is 0 Å². The third-order valence-corrected chi connectivity index (χ3v) is 1.30. The van der Waals surface area contributed by atoms with E-state index in [0.29, 0.717) is 0 Å². The second-order valence-corrected chi connectivity index (χ2v) is 2.81. The van der Waals surface area contributed by atoms with Crippen LogP contribution in [-0.2, 0) is 14.3 Å². The van der Waals surface area contributed by atoms with Gasteiger partial charge in [0.05, 0.1) is 12.7 Å². The van der Waals surface area contributed by atoms with E-state index in [1.165, 1.54) is 6.92 Å². The summed E-state index contributed by atoms with van der Waals surface area (Å²) in [6.07, 6.45) is -4.31. The van der Waals surface area contributed by atoms with Crippen molar-refractivity contribution >= 4 is 11.9 Å². The van der Waals surface area contributed by atoms with Crippen LogP contribution in [0.4, 0.5) is 0 Å². The summed E-state index contributed by atoms with van der Waals surface area (Å²) in [5.41, 5.74) is 0. The molecule has 0 aromatic carbocycles. The van der Waals surface area contributed by atoms with Gasteiger partial charge in [0.25, 0.3) is 0 Å². The average Bonchev–Trinajstić information content (AvgIpc) is 2.18. The number of carbonyl (C=O) groups is 2. The molecule has 3 unspecified atom stereocenters. The Hall–Kier alpha value is -1.22. The van der Waals surface area contributed by atoms with Crippen LogP contribution in [0.1, 0.15) is 6.92 Å². The number of carboxylic acids is 2. The SMILES string of the molecule is CC(O)CO.COC(C(=O)O)C(O)C(=O)O. The summed E-state index contributed by atoms with van der Waals surface area (Å²) < 4.78 is 4.20. The minimum Gasteiger partial charge on any atom is -0.479 e. The fourth-order valence-corrected chi connectivity index (χ4v) is 0.494. The first-order valence-electron chi connectivity index (χ1n) is 4.23. The summed E-state index contributed by atoms with van der Waals surface area (Å²) >= 11 is 0. The highest BCUT2D eigenvalue weighted by Gasteiger charge is 2.31. The molecular formula is C8H16O8. The molecule has 3 atom stereocenters. The van der Waals surface area contributed by atoms with Gasteiger partial charge in [-0.3, -0.25) is 0 Å². The Kier molecular flexibility index (Phi) is 9.71. The van der Waals surface area contributed by atoms with Crippen molar-refractivity contribution in [1.82, 2.24) is 0 Å². The van der Waals surface area contributed by atoms with Gasteiger partial charge in [0.1, 0.15) is 0 Å². The maximum Gasteiger partial charge on any atom is 0.336 e. The lowest BCUT2D eigenvalue weighted by Gasteiger charge is -2.12. The number of aliphatic hydroxyl groups is 3. The Bertz CT molecular complexity index is 214. The van der Waals surface area contributed by atoms with Crippen molar-refractivity contribution in [3.8, 4) is 0 Å². The fraction of sp³-hybridized carbons (Fsp3) is 0.750. The van der Waals surface area contributed by atoms with Crippen LogP contribution < -0.4 is 0 Å². The number of carboxylic acid groups (broad SMARTS) is 2. The van der Waals surface area contributed by atoms with Crippen molar-refractivity contribution in [2.45, 2.75) is 25.2 Å². The normalized spacial score (nSPS) is 15.3. The smallest absolute Gasteiger partial charge is 0.336 e. The van der Waals surface area contributed by atoms with E-state index in [0.717, 1.165) is 7.11 Å². The Labute approximate surface area is 91.7 Å². The van der Waals surface area contributed by atoms with E-state index in [1.54, 1.807) is 0 Å². The largest absolute Gasteiger partial charge is 0.479 e. The molecule has 0 saturated heterocycles. The van der Waals surface area contributed by atoms with Gasteiger partial charge in [0, 0.05) is 7.11 Å². The minimum atomic E-state index is -2.03. The van der Waals surface area contributed by atoms with Gasteiger partial charge in [-0.05, 0) is 6.92 Å². The molecule has 8 nitrogen and oxygen atoms in total. The molecule has 0 heterocycles. The van der Waals surface area contributed by atoms with Gasteiger partial charge in [-0.1, -0.05) is 0 Å². The average molecular weight is 240 g/mol. The Morgan fingerprint density at radius 3 is 1.62 bits per heavy atom. The molecule has 0 spiro atoms. The molecule has 16 heavy (non-hydrogen) atoms. The molecule has 0 aromatic heterocycles. The lowest BCUT2D eigenvalue weighted by atomic mass is 10.2. The lowest BCUT2D eigenvalue weighted by Crippen LogP contribution is -2.40. The summed E-state index contributed by atoms with van der Waals surface area (Å²) in [5, 5.41) is 41.0. The molecular weight excluding hydrogens is 224 g/mol. The standard InChI is InChI=1S/C5H8O6.C3H8O2/c1-11-3(5(9)10)2(6)4(7)8;1-3(5)2-4/h2-3,6H,1H3,(H,7,8)(H,9,10);3-5H,2H2,1H3. The van der Waals surface area contributed by atoms with Crippen molar-refractivity contribution in [2.24, 2.45) is 0 Å². The van der Waals surface area contributed by atoms with Crippen LogP contribution in [0.3, 0.4) is 0 Å². The van der Waals surface area contributed by atoms with Gasteiger partial charge in [0.2, 0.25) is 0 Å². The van der Waals surface area contributed by atoms with E-state index in [-0.39, 0.29) is 6.61 Å². The quantitative estimate of drug-likeness (QED) is 0.367. The highest BCUT2D eigenvalue weighted by molar-refractivity contribution is 5.83. The molecule has 0 fully saturated rings. The molecule has 0 saturated carbocycles. The molecule has 0 aliphatic rings. The lowest BCUT2D eigenvalue weighted by molar-refractivity contribution is -0.168. The van der Waals surface area contributed by atoms with Crippen LogP contribution in [0.15, 0.2) is 0 Å². The molecule has 8 heteroatoms. The zero-order valence-corrected chi connectivity index (χ0v) is 8.90. The monoisotopic (exact) mass is 240 g/mol. The van der Waals surface area contributed by atoms with Crippen LogP contribution in [-0.4, -0.2) is 69.5 Å². The predicted octanol–water partition coefficient (Wildman–Crippen LogP) is -2.11. The first-order chi connectivity index (χ1) is 7.27. The van der Waals surface area contributed by atoms with E-state index < -0.39 is 30.3 Å². The van der Waals surface area contributed by atoms with Crippen molar-refractivity contribution in [3.05, 3.63) is 0 Å². The third-order valence-electron chi connectivity index (χ3n) is 1.30. The summed E-state index contributed by atoms with van der Waals surface area (Å²) in [6, 6.07) is 0. The van der Waals surface area contributed by atoms with Crippen molar-refractivity contribution in [1.29, 1.82) is 0 Å². The number of ether oxygens (including phenoxy) is 1. The molecule has 0 radical (unpaired) electrons. The maximum absolute atomic E-state index is 10.1. The predicted molar refractivity (Wildman–Crippen MR) is 50.8 cm³/mol. The topological polar surface area (TPSA) is 145 Å². The van der Waals surface area contributed by atoms with E-state index >= 15 is 0 Å². The highest BCUT2D eigenvalue weighted by Crippen LogP contribution is 1.98. The molecule has 96 valence electrons.